The third-order valence-electron chi connectivity index (χ3n) is 4.94. The number of amides is 2. The van der Waals surface area contributed by atoms with Gasteiger partial charge in [0.15, 0.2) is 11.5 Å². The molecule has 0 bridgehead atoms. The van der Waals surface area contributed by atoms with Gasteiger partial charge in [0.1, 0.15) is 11.4 Å². The highest BCUT2D eigenvalue weighted by atomic mass is 35.5. The minimum atomic E-state index is -4.86. The average Bonchev–Trinajstić information content (AvgIpc) is 3.26. The molecule has 0 saturated carbocycles. The number of nitrogens with one attached hydrogen (secondary N) is 2. The first-order chi connectivity index (χ1) is 16.5. The lowest BCUT2D eigenvalue weighted by molar-refractivity contribution is -0.141. The van der Waals surface area contributed by atoms with Gasteiger partial charge in [-0.15, -0.1) is 0 Å². The first-order valence-electron chi connectivity index (χ1n) is 9.78. The van der Waals surface area contributed by atoms with Crippen LogP contribution in [0.3, 0.4) is 0 Å². The highest BCUT2D eigenvalue weighted by Gasteiger charge is 2.37. The molecule has 0 aliphatic heterocycles. The van der Waals surface area contributed by atoms with Gasteiger partial charge in [0.25, 0.3) is 11.8 Å². The number of phenolic OH excluding ortho intramolecular Hbond substituents is 1. The summed E-state index contributed by atoms with van der Waals surface area (Å²) in [5, 5.41) is 18.7. The van der Waals surface area contributed by atoms with E-state index in [0.717, 1.165) is 0 Å². The Labute approximate surface area is 205 Å². The summed E-state index contributed by atoms with van der Waals surface area (Å²) in [4.78, 5) is 29.7. The number of alkyl halides is 3. The summed E-state index contributed by atoms with van der Waals surface area (Å²) in [7, 11) is 1.35. The predicted molar refractivity (Wildman–Crippen MR) is 123 cm³/mol. The molecule has 8 nitrogen and oxygen atoms in total. The van der Waals surface area contributed by atoms with Gasteiger partial charge in [-0.2, -0.15) is 18.3 Å². The topological polar surface area (TPSA) is 109 Å². The van der Waals surface area contributed by atoms with Gasteiger partial charge < -0.3 is 15.7 Å². The SMILES string of the molecule is CNC(=O)c1cc2cc(O)ccc2c(Cl)c1NC(=O)c1cc(C(F)(F)F)nn1-c1ncccc1Cl. The Bertz CT molecular complexity index is 1490. The van der Waals surface area contributed by atoms with Crippen molar-refractivity contribution in [3.05, 3.63) is 75.7 Å². The number of aromatic nitrogens is 3. The molecule has 0 fully saturated rings. The molecular weight excluding hydrogens is 510 g/mol. The van der Waals surface area contributed by atoms with E-state index in [9.17, 15) is 27.9 Å². The van der Waals surface area contributed by atoms with E-state index in [2.05, 4.69) is 20.7 Å². The lowest BCUT2D eigenvalue weighted by atomic mass is 10.0. The first kappa shape index (κ1) is 24.3. The second kappa shape index (κ2) is 9.08. The minimum Gasteiger partial charge on any atom is -0.508 e. The smallest absolute Gasteiger partial charge is 0.435 e. The van der Waals surface area contributed by atoms with Crippen LogP contribution in [-0.2, 0) is 6.18 Å². The van der Waals surface area contributed by atoms with Crippen molar-refractivity contribution in [3.8, 4) is 11.6 Å². The Kier molecular flexibility index (Phi) is 6.30. The second-order valence-electron chi connectivity index (χ2n) is 7.19. The summed E-state index contributed by atoms with van der Waals surface area (Å²) in [6.45, 7) is 0. The summed E-state index contributed by atoms with van der Waals surface area (Å²) in [6.07, 6.45) is -3.59. The minimum absolute atomic E-state index is 0.0482. The van der Waals surface area contributed by atoms with Crippen molar-refractivity contribution in [3.63, 3.8) is 0 Å². The van der Waals surface area contributed by atoms with E-state index < -0.39 is 29.4 Å². The number of hydrogen-bond donors (Lipinski definition) is 3. The maximum Gasteiger partial charge on any atom is 0.435 e. The molecule has 35 heavy (non-hydrogen) atoms. The van der Waals surface area contributed by atoms with Gasteiger partial charge in [0, 0.05) is 24.7 Å². The van der Waals surface area contributed by atoms with E-state index >= 15 is 0 Å². The summed E-state index contributed by atoms with van der Waals surface area (Å²) in [6, 6.07) is 8.94. The molecule has 2 amide bonds. The fourth-order valence-electron chi connectivity index (χ4n) is 3.34. The van der Waals surface area contributed by atoms with E-state index in [1.165, 1.54) is 49.6 Å². The van der Waals surface area contributed by atoms with Gasteiger partial charge in [0.05, 0.1) is 21.3 Å². The Morgan fingerprint density at radius 1 is 1.09 bits per heavy atom. The third kappa shape index (κ3) is 4.60. The van der Waals surface area contributed by atoms with E-state index in [4.69, 9.17) is 23.2 Å². The maximum atomic E-state index is 13.4. The zero-order valence-corrected chi connectivity index (χ0v) is 19.1. The van der Waals surface area contributed by atoms with E-state index in [-0.39, 0.29) is 32.9 Å². The van der Waals surface area contributed by atoms with Crippen molar-refractivity contribution < 1.29 is 27.9 Å². The van der Waals surface area contributed by atoms with Gasteiger partial charge >= 0.3 is 6.18 Å². The molecule has 180 valence electrons. The molecule has 0 aliphatic carbocycles. The number of hydrogen-bond acceptors (Lipinski definition) is 5. The molecule has 0 saturated heterocycles. The molecule has 0 unspecified atom stereocenters. The fraction of sp³-hybridized carbons (Fsp3) is 0.0909. The van der Waals surface area contributed by atoms with Crippen LogP contribution in [0.25, 0.3) is 16.6 Å². The molecule has 0 radical (unpaired) electrons. The number of phenols is 1. The molecule has 0 atom stereocenters. The van der Waals surface area contributed by atoms with Crippen molar-refractivity contribution in [1.82, 2.24) is 20.1 Å². The molecule has 0 aliphatic rings. The lowest BCUT2D eigenvalue weighted by Gasteiger charge is -2.15. The highest BCUT2D eigenvalue weighted by Crippen LogP contribution is 2.37. The van der Waals surface area contributed by atoms with Crippen LogP contribution in [0.5, 0.6) is 5.75 Å². The number of carbonyl (C=O) groups is 2. The van der Waals surface area contributed by atoms with Crippen LogP contribution in [0, 0.1) is 0 Å². The van der Waals surface area contributed by atoms with Crippen LogP contribution < -0.4 is 10.6 Å². The fourth-order valence-corrected chi connectivity index (χ4v) is 3.86. The summed E-state index contributed by atoms with van der Waals surface area (Å²) in [5.41, 5.74) is -2.14. The molecule has 2 aromatic heterocycles. The van der Waals surface area contributed by atoms with Crippen molar-refractivity contribution in [2.75, 3.05) is 12.4 Å². The summed E-state index contributed by atoms with van der Waals surface area (Å²) >= 11 is 12.6. The van der Waals surface area contributed by atoms with Crippen LogP contribution >= 0.6 is 23.2 Å². The van der Waals surface area contributed by atoms with E-state index in [0.29, 0.717) is 21.5 Å². The number of benzene rings is 2. The zero-order valence-electron chi connectivity index (χ0n) is 17.6. The number of anilines is 1. The van der Waals surface area contributed by atoms with E-state index in [1.54, 1.807) is 0 Å². The van der Waals surface area contributed by atoms with Gasteiger partial charge in [-0.3, -0.25) is 9.59 Å². The number of fused-ring (bicyclic) bond motifs is 1. The van der Waals surface area contributed by atoms with Gasteiger partial charge in [-0.05, 0) is 41.8 Å². The molecular formula is C22H14Cl2F3N5O3. The number of aromatic hydroxyl groups is 1. The quantitative estimate of drug-likeness (QED) is 0.346. The standard InChI is InChI=1S/C22H14Cl2F3N5O3/c1-28-20(34)13-8-10-7-11(33)4-5-12(10)17(24)18(13)30-21(35)15-9-16(22(25,26)27)31-32(15)19-14(23)3-2-6-29-19/h2-9,33H,1H3,(H,28,34)(H,30,35). The Morgan fingerprint density at radius 2 is 1.83 bits per heavy atom. The van der Waals surface area contributed by atoms with Gasteiger partial charge in [-0.1, -0.05) is 23.2 Å². The molecule has 4 aromatic rings. The number of carbonyl (C=O) groups excluding carboxylic acids is 2. The van der Waals surface area contributed by atoms with Crippen LogP contribution in [0.2, 0.25) is 10.0 Å². The monoisotopic (exact) mass is 523 g/mol. The normalized spacial score (nSPS) is 11.5. The molecule has 3 N–H and O–H groups in total. The third-order valence-corrected chi connectivity index (χ3v) is 5.63. The Morgan fingerprint density at radius 3 is 2.49 bits per heavy atom. The van der Waals surface area contributed by atoms with Crippen molar-refractivity contribution >= 4 is 51.5 Å². The zero-order chi connectivity index (χ0) is 25.5. The van der Waals surface area contributed by atoms with Crippen LogP contribution in [0.4, 0.5) is 18.9 Å². The summed E-state index contributed by atoms with van der Waals surface area (Å²) < 4.78 is 40.9. The molecule has 4 rings (SSSR count). The van der Waals surface area contributed by atoms with Crippen LogP contribution in [0.1, 0.15) is 26.5 Å². The molecule has 2 aromatic carbocycles. The first-order valence-corrected chi connectivity index (χ1v) is 10.5. The van der Waals surface area contributed by atoms with Gasteiger partial charge in [-0.25, -0.2) is 9.67 Å². The molecule has 2 heterocycles. The number of halogens is 5. The van der Waals surface area contributed by atoms with Gasteiger partial charge in [0.2, 0.25) is 0 Å². The average molecular weight is 524 g/mol. The van der Waals surface area contributed by atoms with Crippen molar-refractivity contribution in [2.45, 2.75) is 6.18 Å². The number of pyridine rings is 1. The maximum absolute atomic E-state index is 13.4. The van der Waals surface area contributed by atoms with Crippen LogP contribution in [-0.4, -0.2) is 38.7 Å². The lowest BCUT2D eigenvalue weighted by Crippen LogP contribution is -2.23. The molecule has 13 heteroatoms. The largest absolute Gasteiger partial charge is 0.508 e. The molecule has 0 spiro atoms. The van der Waals surface area contributed by atoms with Crippen molar-refractivity contribution in [1.29, 1.82) is 0 Å². The highest BCUT2D eigenvalue weighted by molar-refractivity contribution is 6.40. The summed E-state index contributed by atoms with van der Waals surface area (Å²) in [5.74, 6) is -1.98. The van der Waals surface area contributed by atoms with Crippen LogP contribution in [0.15, 0.2) is 48.7 Å². The number of nitrogens with zero attached hydrogens (tertiary/aromatic N) is 3. The van der Waals surface area contributed by atoms with E-state index in [1.807, 2.05) is 0 Å². The Hall–Kier alpha value is -3.83. The second-order valence-corrected chi connectivity index (χ2v) is 7.97. The van der Waals surface area contributed by atoms with Crippen molar-refractivity contribution in [2.24, 2.45) is 0 Å². The Balaban J connectivity index is 1.87. The number of rotatable bonds is 4. The predicted octanol–water partition coefficient (Wildman–Crippen LogP) is 5.06.